The molecule has 7 heteroatoms. The molecule has 0 aliphatic heterocycles. The number of hydrogen-bond donors (Lipinski definition) is 2. The highest BCUT2D eigenvalue weighted by atomic mass is 32.2. The Labute approximate surface area is 116 Å². The van der Waals surface area contributed by atoms with Gasteiger partial charge in [0.25, 0.3) is 0 Å². The van der Waals surface area contributed by atoms with Crippen LogP contribution in [0, 0.1) is 6.92 Å². The van der Waals surface area contributed by atoms with Crippen molar-refractivity contribution in [2.45, 2.75) is 24.9 Å². The number of nitrogens with zero attached hydrogens (tertiary/aromatic N) is 1. The molecule has 1 aromatic heterocycles. The van der Waals surface area contributed by atoms with Crippen molar-refractivity contribution in [3.8, 4) is 0 Å². The SMILES string of the molecule is Cc1c(CN)cccc1S(=O)(=O)NCc1cncs1. The van der Waals surface area contributed by atoms with Crippen LogP contribution >= 0.6 is 11.3 Å². The van der Waals surface area contributed by atoms with E-state index in [1.54, 1.807) is 30.8 Å². The topological polar surface area (TPSA) is 85.1 Å². The van der Waals surface area contributed by atoms with Crippen molar-refractivity contribution in [2.75, 3.05) is 0 Å². The summed E-state index contributed by atoms with van der Waals surface area (Å²) in [5.74, 6) is 0. The lowest BCUT2D eigenvalue weighted by Crippen LogP contribution is -2.24. The molecule has 19 heavy (non-hydrogen) atoms. The number of thiazole rings is 1. The predicted octanol–water partition coefficient (Wildman–Crippen LogP) is 1.39. The second-order valence-electron chi connectivity index (χ2n) is 4.04. The molecule has 2 rings (SSSR count). The molecular weight excluding hydrogens is 282 g/mol. The largest absolute Gasteiger partial charge is 0.326 e. The highest BCUT2D eigenvalue weighted by Crippen LogP contribution is 2.19. The van der Waals surface area contributed by atoms with Gasteiger partial charge in [0.05, 0.1) is 10.4 Å². The van der Waals surface area contributed by atoms with E-state index in [1.165, 1.54) is 11.3 Å². The first-order chi connectivity index (χ1) is 9.04. The summed E-state index contributed by atoms with van der Waals surface area (Å²) in [4.78, 5) is 5.06. The number of sulfonamides is 1. The monoisotopic (exact) mass is 297 g/mol. The first-order valence-corrected chi connectivity index (χ1v) is 8.06. The molecule has 0 spiro atoms. The van der Waals surface area contributed by atoms with Crippen LogP contribution in [0.4, 0.5) is 0 Å². The Morgan fingerprint density at radius 3 is 2.84 bits per heavy atom. The Morgan fingerprint density at radius 2 is 2.21 bits per heavy atom. The van der Waals surface area contributed by atoms with Crippen molar-refractivity contribution < 1.29 is 8.42 Å². The average Bonchev–Trinajstić information content (AvgIpc) is 2.90. The fourth-order valence-electron chi connectivity index (χ4n) is 1.75. The van der Waals surface area contributed by atoms with Crippen LogP contribution in [0.3, 0.4) is 0 Å². The lowest BCUT2D eigenvalue weighted by atomic mass is 10.1. The Hall–Kier alpha value is -1.28. The lowest BCUT2D eigenvalue weighted by Gasteiger charge is -2.11. The number of hydrogen-bond acceptors (Lipinski definition) is 5. The quantitative estimate of drug-likeness (QED) is 0.873. The minimum absolute atomic E-state index is 0.249. The minimum atomic E-state index is -3.53. The van der Waals surface area contributed by atoms with Gasteiger partial charge in [-0.05, 0) is 24.1 Å². The van der Waals surface area contributed by atoms with E-state index in [0.717, 1.165) is 10.4 Å². The standard InChI is InChI=1S/C12H15N3O2S2/c1-9-10(5-13)3-2-4-12(9)19(16,17)15-7-11-6-14-8-18-11/h2-4,6,8,15H,5,7,13H2,1H3. The van der Waals surface area contributed by atoms with Gasteiger partial charge in [-0.15, -0.1) is 11.3 Å². The maximum atomic E-state index is 12.2. The maximum Gasteiger partial charge on any atom is 0.241 e. The zero-order chi connectivity index (χ0) is 13.9. The van der Waals surface area contributed by atoms with Gasteiger partial charge in [0.1, 0.15) is 0 Å². The van der Waals surface area contributed by atoms with Crippen molar-refractivity contribution in [1.29, 1.82) is 0 Å². The summed E-state index contributed by atoms with van der Waals surface area (Å²) in [5.41, 5.74) is 8.79. The molecule has 0 saturated heterocycles. The molecule has 2 aromatic rings. The highest BCUT2D eigenvalue weighted by Gasteiger charge is 2.17. The molecule has 0 unspecified atom stereocenters. The van der Waals surface area contributed by atoms with E-state index < -0.39 is 10.0 Å². The second-order valence-corrected chi connectivity index (χ2v) is 6.74. The molecule has 5 nitrogen and oxygen atoms in total. The molecule has 0 aliphatic carbocycles. The van der Waals surface area contributed by atoms with E-state index >= 15 is 0 Å². The normalized spacial score (nSPS) is 11.7. The van der Waals surface area contributed by atoms with Gasteiger partial charge in [0.15, 0.2) is 0 Å². The van der Waals surface area contributed by atoms with E-state index in [0.29, 0.717) is 12.1 Å². The molecule has 0 atom stereocenters. The van der Waals surface area contributed by atoms with Crippen molar-refractivity contribution in [1.82, 2.24) is 9.71 Å². The van der Waals surface area contributed by atoms with Crippen LogP contribution in [0.2, 0.25) is 0 Å². The number of nitrogens with two attached hydrogens (primary N) is 1. The summed E-state index contributed by atoms with van der Waals surface area (Å²) in [6.07, 6.45) is 1.65. The third kappa shape index (κ3) is 3.19. The molecule has 0 saturated carbocycles. The number of nitrogens with one attached hydrogen (secondary N) is 1. The van der Waals surface area contributed by atoms with Crippen LogP contribution in [-0.2, 0) is 23.1 Å². The molecule has 3 N–H and O–H groups in total. The molecular formula is C12H15N3O2S2. The van der Waals surface area contributed by atoms with Gasteiger partial charge >= 0.3 is 0 Å². The zero-order valence-corrected chi connectivity index (χ0v) is 12.1. The summed E-state index contributed by atoms with van der Waals surface area (Å²) in [5, 5.41) is 0. The van der Waals surface area contributed by atoms with Crippen molar-refractivity contribution in [3.05, 3.63) is 45.9 Å². The van der Waals surface area contributed by atoms with Gasteiger partial charge in [0, 0.05) is 24.2 Å². The van der Waals surface area contributed by atoms with Gasteiger partial charge in [-0.2, -0.15) is 0 Å². The molecule has 0 bridgehead atoms. The summed E-state index contributed by atoms with van der Waals surface area (Å²) < 4.78 is 27.1. The Kier molecular flexibility index (Phi) is 4.31. The molecule has 1 heterocycles. The molecule has 1 aromatic carbocycles. The molecule has 0 amide bonds. The summed E-state index contributed by atoms with van der Waals surface area (Å²) >= 11 is 1.41. The highest BCUT2D eigenvalue weighted by molar-refractivity contribution is 7.89. The smallest absolute Gasteiger partial charge is 0.241 e. The molecule has 0 fully saturated rings. The number of aromatic nitrogens is 1. The van der Waals surface area contributed by atoms with E-state index in [9.17, 15) is 8.42 Å². The number of rotatable bonds is 5. The predicted molar refractivity (Wildman–Crippen MR) is 75.2 cm³/mol. The van der Waals surface area contributed by atoms with Crippen LogP contribution in [-0.4, -0.2) is 13.4 Å². The third-order valence-corrected chi connectivity index (χ3v) is 5.15. The first kappa shape index (κ1) is 14.1. The summed E-state index contributed by atoms with van der Waals surface area (Å²) in [7, 11) is -3.53. The van der Waals surface area contributed by atoms with E-state index in [-0.39, 0.29) is 11.4 Å². The Balaban J connectivity index is 2.24. The third-order valence-electron chi connectivity index (χ3n) is 2.83. The van der Waals surface area contributed by atoms with Crippen LogP contribution in [0.5, 0.6) is 0 Å². The maximum absolute atomic E-state index is 12.2. The number of benzene rings is 1. The molecule has 102 valence electrons. The zero-order valence-electron chi connectivity index (χ0n) is 10.5. The van der Waals surface area contributed by atoms with Gasteiger partial charge in [-0.3, -0.25) is 4.98 Å². The van der Waals surface area contributed by atoms with Gasteiger partial charge in [0.2, 0.25) is 10.0 Å². The van der Waals surface area contributed by atoms with Crippen LogP contribution in [0.1, 0.15) is 16.0 Å². The summed E-state index contributed by atoms with van der Waals surface area (Å²) in [6, 6.07) is 5.12. The Bertz CT molecular complexity index is 652. The van der Waals surface area contributed by atoms with Crippen LogP contribution in [0.25, 0.3) is 0 Å². The molecule has 0 radical (unpaired) electrons. The van der Waals surface area contributed by atoms with Crippen molar-refractivity contribution >= 4 is 21.4 Å². The van der Waals surface area contributed by atoms with Crippen molar-refractivity contribution in [2.24, 2.45) is 5.73 Å². The van der Waals surface area contributed by atoms with E-state index in [4.69, 9.17) is 5.73 Å². The first-order valence-electron chi connectivity index (χ1n) is 5.70. The van der Waals surface area contributed by atoms with E-state index in [1.807, 2.05) is 6.07 Å². The molecule has 0 aliphatic rings. The fourth-order valence-corrected chi connectivity index (χ4v) is 3.66. The van der Waals surface area contributed by atoms with Gasteiger partial charge in [-0.25, -0.2) is 13.1 Å². The van der Waals surface area contributed by atoms with Crippen LogP contribution in [0.15, 0.2) is 34.8 Å². The van der Waals surface area contributed by atoms with Crippen molar-refractivity contribution in [3.63, 3.8) is 0 Å². The average molecular weight is 297 g/mol. The van der Waals surface area contributed by atoms with Crippen LogP contribution < -0.4 is 10.5 Å². The van der Waals surface area contributed by atoms with E-state index in [2.05, 4.69) is 9.71 Å². The van der Waals surface area contributed by atoms with Gasteiger partial charge < -0.3 is 5.73 Å². The minimum Gasteiger partial charge on any atom is -0.326 e. The van der Waals surface area contributed by atoms with Gasteiger partial charge in [-0.1, -0.05) is 12.1 Å². The Morgan fingerprint density at radius 1 is 1.42 bits per heavy atom. The lowest BCUT2D eigenvalue weighted by molar-refractivity contribution is 0.581. The second kappa shape index (κ2) is 5.79. The summed E-state index contributed by atoms with van der Waals surface area (Å²) in [6.45, 7) is 2.34. The fraction of sp³-hybridized carbons (Fsp3) is 0.250.